The normalized spacial score (nSPS) is 15.1. The van der Waals surface area contributed by atoms with Gasteiger partial charge in [-0.1, -0.05) is 70.2 Å². The third kappa shape index (κ3) is 9.14. The summed E-state index contributed by atoms with van der Waals surface area (Å²) in [6.45, 7) is 8.91. The Kier molecular flexibility index (Phi) is 11.2. The molecular weight excluding hydrogens is 653 g/mol. The summed E-state index contributed by atoms with van der Waals surface area (Å²) in [5.74, 6) is -4.60. The van der Waals surface area contributed by atoms with Gasteiger partial charge in [-0.05, 0) is 53.9 Å². The first kappa shape index (κ1) is 36.4. The van der Waals surface area contributed by atoms with E-state index in [1.165, 1.54) is 12.5 Å². The van der Waals surface area contributed by atoms with Crippen LogP contribution in [-0.2, 0) is 33.4 Å². The van der Waals surface area contributed by atoms with Crippen molar-refractivity contribution >= 4 is 27.7 Å². The molecule has 0 saturated carbocycles. The second-order valence-corrected chi connectivity index (χ2v) is 14.1. The Balaban J connectivity index is 1.66. The summed E-state index contributed by atoms with van der Waals surface area (Å²) in [5, 5.41) is 11.8. The fourth-order valence-electron chi connectivity index (χ4n) is 5.18. The SMILES string of the molecule is CCC(NC(=O)c1nc(CC2CCN(c3ccc(C(C)(C)C)cc3)CC2)nc(OS(=O)(=O)C(F)(F)F)c1OCc1ccccc1)C(=O)O. The summed E-state index contributed by atoms with van der Waals surface area (Å²) < 4.78 is 74.8. The molecule has 2 N–H and O–H groups in total. The first-order chi connectivity index (χ1) is 22.5. The summed E-state index contributed by atoms with van der Waals surface area (Å²) in [4.78, 5) is 35.6. The third-order valence-electron chi connectivity index (χ3n) is 7.99. The molecule has 15 heteroatoms. The molecule has 11 nitrogen and oxygen atoms in total. The van der Waals surface area contributed by atoms with Crippen LogP contribution in [0.5, 0.6) is 11.6 Å². The number of ether oxygens (including phenoxy) is 1. The Labute approximate surface area is 277 Å². The number of nitrogens with one attached hydrogen (secondary N) is 1. The molecule has 260 valence electrons. The number of aliphatic carboxylic acids is 1. The molecule has 3 aromatic rings. The van der Waals surface area contributed by atoms with E-state index in [0.29, 0.717) is 31.5 Å². The summed E-state index contributed by atoms with van der Waals surface area (Å²) in [5.41, 5.74) is -3.68. The Morgan fingerprint density at radius 3 is 2.19 bits per heavy atom. The minimum absolute atomic E-state index is 0.0104. The van der Waals surface area contributed by atoms with Crippen LogP contribution in [-0.4, -0.2) is 60.0 Å². The van der Waals surface area contributed by atoms with Crippen molar-refractivity contribution in [1.29, 1.82) is 0 Å². The number of hydrogen-bond donors (Lipinski definition) is 2. The van der Waals surface area contributed by atoms with Gasteiger partial charge < -0.3 is 24.2 Å². The number of amides is 1. The number of piperidine rings is 1. The van der Waals surface area contributed by atoms with Gasteiger partial charge in [-0.2, -0.15) is 26.6 Å². The number of hydrogen-bond acceptors (Lipinski definition) is 9. The van der Waals surface area contributed by atoms with Crippen LogP contribution in [0.15, 0.2) is 54.6 Å². The van der Waals surface area contributed by atoms with Gasteiger partial charge in [0.2, 0.25) is 5.75 Å². The predicted octanol–water partition coefficient (Wildman–Crippen LogP) is 5.63. The first-order valence-corrected chi connectivity index (χ1v) is 16.9. The molecule has 0 spiro atoms. The van der Waals surface area contributed by atoms with E-state index in [2.05, 4.69) is 69.4 Å². The van der Waals surface area contributed by atoms with Crippen molar-refractivity contribution in [3.63, 3.8) is 0 Å². The molecule has 0 aliphatic carbocycles. The topological polar surface area (TPSA) is 148 Å². The van der Waals surface area contributed by atoms with E-state index in [4.69, 9.17) is 4.74 Å². The van der Waals surface area contributed by atoms with E-state index >= 15 is 0 Å². The highest BCUT2D eigenvalue weighted by molar-refractivity contribution is 7.88. The molecule has 1 aromatic heterocycles. The minimum Gasteiger partial charge on any atom is -0.481 e. The second-order valence-electron chi connectivity index (χ2n) is 12.6. The van der Waals surface area contributed by atoms with Crippen LogP contribution < -0.4 is 19.1 Å². The lowest BCUT2D eigenvalue weighted by atomic mass is 9.87. The number of benzene rings is 2. The number of alkyl halides is 3. The van der Waals surface area contributed by atoms with E-state index in [-0.39, 0.29) is 36.6 Å². The third-order valence-corrected chi connectivity index (χ3v) is 8.93. The Morgan fingerprint density at radius 2 is 1.65 bits per heavy atom. The molecule has 2 heterocycles. The van der Waals surface area contributed by atoms with E-state index in [0.717, 1.165) is 5.69 Å². The van der Waals surface area contributed by atoms with Crippen LogP contribution in [0.25, 0.3) is 0 Å². The van der Waals surface area contributed by atoms with Crippen molar-refractivity contribution in [2.45, 2.75) is 77.0 Å². The Hall–Kier alpha value is -4.40. The molecule has 48 heavy (non-hydrogen) atoms. The number of halogens is 3. The zero-order chi connectivity index (χ0) is 35.3. The number of carboxylic acids is 1. The number of anilines is 1. The highest BCUT2D eigenvalue weighted by Gasteiger charge is 2.49. The van der Waals surface area contributed by atoms with Gasteiger partial charge in [0.1, 0.15) is 18.5 Å². The maximum atomic E-state index is 13.5. The first-order valence-electron chi connectivity index (χ1n) is 15.5. The van der Waals surface area contributed by atoms with Crippen LogP contribution in [0.2, 0.25) is 0 Å². The minimum atomic E-state index is -6.24. The van der Waals surface area contributed by atoms with E-state index in [9.17, 15) is 36.3 Å². The molecule has 2 aromatic carbocycles. The largest absolute Gasteiger partial charge is 0.534 e. The summed E-state index contributed by atoms with van der Waals surface area (Å²) in [7, 11) is -6.24. The summed E-state index contributed by atoms with van der Waals surface area (Å²) >= 11 is 0. The standard InChI is InChI=1S/C33H39F3N4O7S/c1-5-25(31(42)43)37-29(41)27-28(46-20-22-9-7-6-8-10-22)30(47-48(44,45)33(34,35)36)39-26(38-27)19-21-15-17-40(18-16-21)24-13-11-23(12-14-24)32(2,3)4/h6-14,21,25H,5,15-20H2,1-4H3,(H,37,41)(H,42,43). The van der Waals surface area contributed by atoms with Crippen LogP contribution in [0.4, 0.5) is 18.9 Å². The van der Waals surface area contributed by atoms with Crippen LogP contribution in [0.1, 0.15) is 74.4 Å². The smallest absolute Gasteiger partial charge is 0.481 e. The average molecular weight is 693 g/mol. The van der Waals surface area contributed by atoms with Gasteiger partial charge in [-0.3, -0.25) is 4.79 Å². The molecule has 0 bridgehead atoms. The highest BCUT2D eigenvalue weighted by Crippen LogP contribution is 2.36. The fraction of sp³-hybridized carbons (Fsp3) is 0.455. The van der Waals surface area contributed by atoms with Gasteiger partial charge in [-0.25, -0.2) is 9.78 Å². The molecule has 0 radical (unpaired) electrons. The lowest BCUT2D eigenvalue weighted by molar-refractivity contribution is -0.139. The van der Waals surface area contributed by atoms with Crippen LogP contribution in [0.3, 0.4) is 0 Å². The van der Waals surface area contributed by atoms with E-state index in [1.807, 2.05) is 0 Å². The number of carbonyl (C=O) groups excluding carboxylic acids is 1. The monoisotopic (exact) mass is 692 g/mol. The number of aromatic nitrogens is 2. The van der Waals surface area contributed by atoms with Crippen molar-refractivity contribution in [1.82, 2.24) is 15.3 Å². The molecule has 1 atom stereocenters. The van der Waals surface area contributed by atoms with Crippen LogP contribution >= 0.6 is 0 Å². The zero-order valence-electron chi connectivity index (χ0n) is 27.1. The van der Waals surface area contributed by atoms with Gasteiger partial charge in [0.05, 0.1) is 0 Å². The van der Waals surface area contributed by atoms with Crippen LogP contribution in [0, 0.1) is 5.92 Å². The number of carboxylic acid groups (broad SMARTS) is 1. The Morgan fingerprint density at radius 1 is 1.02 bits per heavy atom. The zero-order valence-corrected chi connectivity index (χ0v) is 27.9. The van der Waals surface area contributed by atoms with Crippen molar-refractivity contribution in [2.75, 3.05) is 18.0 Å². The number of nitrogens with zero attached hydrogens (tertiary/aromatic N) is 3. The fourth-order valence-corrected chi connectivity index (χ4v) is 5.59. The van der Waals surface area contributed by atoms with Gasteiger partial charge in [0, 0.05) is 25.2 Å². The van der Waals surface area contributed by atoms with Gasteiger partial charge in [0.25, 0.3) is 11.8 Å². The van der Waals surface area contributed by atoms with E-state index < -0.39 is 50.9 Å². The lowest BCUT2D eigenvalue weighted by Crippen LogP contribution is -2.41. The van der Waals surface area contributed by atoms with Crippen molar-refractivity contribution in [3.05, 3.63) is 77.2 Å². The molecule has 1 saturated heterocycles. The predicted molar refractivity (Wildman–Crippen MR) is 171 cm³/mol. The van der Waals surface area contributed by atoms with Crippen molar-refractivity contribution in [2.24, 2.45) is 5.92 Å². The lowest BCUT2D eigenvalue weighted by Gasteiger charge is -2.34. The molecular formula is C33H39F3N4O7S. The highest BCUT2D eigenvalue weighted by atomic mass is 32.2. The van der Waals surface area contributed by atoms with Crippen molar-refractivity contribution in [3.8, 4) is 11.6 Å². The molecule has 4 rings (SSSR count). The number of rotatable bonds is 12. The van der Waals surface area contributed by atoms with Gasteiger partial charge in [0.15, 0.2) is 5.69 Å². The summed E-state index contributed by atoms with van der Waals surface area (Å²) in [6.07, 6.45) is 1.34. The average Bonchev–Trinajstić information content (AvgIpc) is 3.02. The number of carbonyl (C=O) groups is 2. The molecule has 1 amide bonds. The van der Waals surface area contributed by atoms with E-state index in [1.54, 1.807) is 30.3 Å². The quantitative estimate of drug-likeness (QED) is 0.181. The molecule has 1 unspecified atom stereocenters. The maximum Gasteiger partial charge on any atom is 0.534 e. The second kappa shape index (κ2) is 14.8. The molecule has 1 fully saturated rings. The summed E-state index contributed by atoms with van der Waals surface area (Å²) in [6, 6.07) is 15.3. The Bertz CT molecular complexity index is 1690. The molecule has 1 aliphatic heterocycles. The van der Waals surface area contributed by atoms with Crippen molar-refractivity contribution < 1.29 is 45.2 Å². The van der Waals surface area contributed by atoms with Gasteiger partial charge >= 0.3 is 21.6 Å². The maximum absolute atomic E-state index is 13.5. The molecule has 1 aliphatic rings. The van der Waals surface area contributed by atoms with Gasteiger partial charge in [-0.15, -0.1) is 0 Å².